The summed E-state index contributed by atoms with van der Waals surface area (Å²) < 4.78 is 11.7. The van der Waals surface area contributed by atoms with Gasteiger partial charge in [0.25, 0.3) is 0 Å². The molecule has 0 atom stereocenters. The summed E-state index contributed by atoms with van der Waals surface area (Å²) in [4.78, 5) is 10.3. The van der Waals surface area contributed by atoms with Gasteiger partial charge in [-0.2, -0.15) is 0 Å². The van der Waals surface area contributed by atoms with Crippen molar-refractivity contribution in [2.24, 2.45) is 5.73 Å². The molecule has 4 heteroatoms. The van der Waals surface area contributed by atoms with Gasteiger partial charge in [0.1, 0.15) is 5.83 Å². The maximum atomic E-state index is 11.7. The summed E-state index contributed by atoms with van der Waals surface area (Å²) >= 11 is 0. The van der Waals surface area contributed by atoms with Crippen LogP contribution >= 0.6 is 0 Å². The summed E-state index contributed by atoms with van der Waals surface area (Å²) in [5.41, 5.74) is 4.89. The second-order valence-corrected chi connectivity index (χ2v) is 1.50. The van der Waals surface area contributed by atoms with Crippen molar-refractivity contribution in [3.63, 3.8) is 0 Å². The molecule has 52 valence electrons. The fraction of sp³-hybridized carbons (Fsp3) is 0.400. The van der Waals surface area contributed by atoms with Crippen molar-refractivity contribution in [3.05, 3.63) is 12.4 Å². The molecule has 0 saturated carbocycles. The molecular weight excluding hydrogens is 123 g/mol. The zero-order valence-electron chi connectivity index (χ0n) is 4.98. The highest BCUT2D eigenvalue weighted by molar-refractivity contribution is 5.77. The van der Waals surface area contributed by atoms with Crippen molar-refractivity contribution in [1.82, 2.24) is 5.32 Å². The Hall–Kier alpha value is -0.900. The number of hydrogen-bond donors (Lipinski definition) is 2. The molecule has 0 radical (unpaired) electrons. The fourth-order valence-corrected chi connectivity index (χ4v) is 0.267. The van der Waals surface area contributed by atoms with Crippen LogP contribution in [0.1, 0.15) is 0 Å². The van der Waals surface area contributed by atoms with Gasteiger partial charge in [-0.1, -0.05) is 6.58 Å². The van der Waals surface area contributed by atoms with Crippen LogP contribution in [0, 0.1) is 0 Å². The van der Waals surface area contributed by atoms with Crippen molar-refractivity contribution in [3.8, 4) is 0 Å². The van der Waals surface area contributed by atoms with Crippen LogP contribution < -0.4 is 11.1 Å². The molecule has 9 heavy (non-hydrogen) atoms. The zero-order chi connectivity index (χ0) is 7.28. The Morgan fingerprint density at radius 3 is 2.67 bits per heavy atom. The van der Waals surface area contributed by atoms with E-state index in [0.29, 0.717) is 0 Å². The summed E-state index contributed by atoms with van der Waals surface area (Å²) in [5.74, 6) is -0.953. The average molecular weight is 132 g/mol. The van der Waals surface area contributed by atoms with E-state index in [9.17, 15) is 9.18 Å². The standard InChI is InChI=1S/C5H9FN2O/c1-4(6)3-8-5(9)2-7/h1-3,7H2,(H,8,9). The summed E-state index contributed by atoms with van der Waals surface area (Å²) in [6.45, 7) is 2.68. The van der Waals surface area contributed by atoms with E-state index in [1.807, 2.05) is 0 Å². The van der Waals surface area contributed by atoms with Crippen LogP contribution in [0.3, 0.4) is 0 Å². The van der Waals surface area contributed by atoms with Crippen molar-refractivity contribution in [1.29, 1.82) is 0 Å². The van der Waals surface area contributed by atoms with Gasteiger partial charge in [-0.05, 0) is 0 Å². The SMILES string of the molecule is C=C(F)CNC(=O)CN. The molecule has 0 aliphatic heterocycles. The Bertz CT molecular complexity index is 124. The first-order chi connectivity index (χ1) is 4.16. The number of nitrogens with one attached hydrogen (secondary N) is 1. The number of rotatable bonds is 3. The Morgan fingerprint density at radius 2 is 2.33 bits per heavy atom. The average Bonchev–Trinajstić information content (AvgIpc) is 1.83. The summed E-state index contributed by atoms with van der Waals surface area (Å²) in [5, 5.41) is 2.19. The van der Waals surface area contributed by atoms with Gasteiger partial charge < -0.3 is 11.1 Å². The fourth-order valence-electron chi connectivity index (χ4n) is 0.267. The van der Waals surface area contributed by atoms with Crippen LogP contribution in [0.5, 0.6) is 0 Å². The Labute approximate surface area is 52.7 Å². The van der Waals surface area contributed by atoms with Gasteiger partial charge >= 0.3 is 0 Å². The maximum Gasteiger partial charge on any atom is 0.234 e. The predicted octanol–water partition coefficient (Wildman–Crippen LogP) is -0.456. The van der Waals surface area contributed by atoms with Crippen molar-refractivity contribution >= 4 is 5.91 Å². The van der Waals surface area contributed by atoms with Crippen LogP contribution in [0.2, 0.25) is 0 Å². The van der Waals surface area contributed by atoms with Gasteiger partial charge in [-0.25, -0.2) is 4.39 Å². The largest absolute Gasteiger partial charge is 0.349 e. The molecule has 1 amide bonds. The Morgan fingerprint density at radius 1 is 1.78 bits per heavy atom. The van der Waals surface area contributed by atoms with E-state index in [1.54, 1.807) is 0 Å². The third-order valence-corrected chi connectivity index (χ3v) is 0.663. The molecule has 3 N–H and O–H groups in total. The number of amides is 1. The summed E-state index contributed by atoms with van der Waals surface area (Å²) in [6, 6.07) is 0. The van der Waals surface area contributed by atoms with Crippen LogP contribution in [-0.2, 0) is 4.79 Å². The summed E-state index contributed by atoms with van der Waals surface area (Å²) in [7, 11) is 0. The van der Waals surface area contributed by atoms with Crippen molar-refractivity contribution in [2.75, 3.05) is 13.1 Å². The Kier molecular flexibility index (Phi) is 3.62. The highest BCUT2D eigenvalue weighted by Crippen LogP contribution is 1.84. The molecule has 3 nitrogen and oxygen atoms in total. The molecule has 0 fully saturated rings. The lowest BCUT2D eigenvalue weighted by Crippen LogP contribution is -2.30. The maximum absolute atomic E-state index is 11.7. The van der Waals surface area contributed by atoms with Crippen LogP contribution in [0.25, 0.3) is 0 Å². The number of halogens is 1. The number of hydrogen-bond acceptors (Lipinski definition) is 2. The molecule has 0 rings (SSSR count). The van der Waals surface area contributed by atoms with E-state index < -0.39 is 5.83 Å². The second-order valence-electron chi connectivity index (χ2n) is 1.50. The molecule has 0 heterocycles. The quantitative estimate of drug-likeness (QED) is 0.546. The number of carbonyl (C=O) groups is 1. The normalized spacial score (nSPS) is 8.67. The highest BCUT2D eigenvalue weighted by Gasteiger charge is 1.95. The van der Waals surface area contributed by atoms with E-state index in [-0.39, 0.29) is 19.0 Å². The monoisotopic (exact) mass is 132 g/mol. The summed E-state index contributed by atoms with van der Waals surface area (Å²) in [6.07, 6.45) is 0. The lowest BCUT2D eigenvalue weighted by molar-refractivity contribution is -0.119. The minimum absolute atomic E-state index is 0.118. The molecule has 0 aliphatic carbocycles. The minimum atomic E-state index is -0.572. The molecule has 0 unspecified atom stereocenters. The first kappa shape index (κ1) is 8.10. The van der Waals surface area contributed by atoms with Gasteiger partial charge in [0.15, 0.2) is 0 Å². The zero-order valence-corrected chi connectivity index (χ0v) is 4.98. The van der Waals surface area contributed by atoms with E-state index in [4.69, 9.17) is 5.73 Å². The topological polar surface area (TPSA) is 55.1 Å². The van der Waals surface area contributed by atoms with E-state index in [1.165, 1.54) is 0 Å². The van der Waals surface area contributed by atoms with Gasteiger partial charge in [0, 0.05) is 0 Å². The van der Waals surface area contributed by atoms with Crippen molar-refractivity contribution < 1.29 is 9.18 Å². The molecule has 0 aromatic heterocycles. The molecule has 0 saturated heterocycles. The third-order valence-electron chi connectivity index (χ3n) is 0.663. The predicted molar refractivity (Wildman–Crippen MR) is 32.3 cm³/mol. The van der Waals surface area contributed by atoms with Gasteiger partial charge in [-0.3, -0.25) is 4.79 Å². The van der Waals surface area contributed by atoms with E-state index in [0.717, 1.165) is 0 Å². The lowest BCUT2D eigenvalue weighted by Gasteiger charge is -1.97. The minimum Gasteiger partial charge on any atom is -0.349 e. The number of carbonyl (C=O) groups excluding carboxylic acids is 1. The molecule has 0 aromatic rings. The van der Waals surface area contributed by atoms with Gasteiger partial charge in [-0.15, -0.1) is 0 Å². The first-order valence-corrected chi connectivity index (χ1v) is 2.47. The van der Waals surface area contributed by atoms with Gasteiger partial charge in [0.05, 0.1) is 13.1 Å². The van der Waals surface area contributed by atoms with E-state index in [2.05, 4.69) is 11.9 Å². The Balaban J connectivity index is 3.28. The van der Waals surface area contributed by atoms with Gasteiger partial charge in [0.2, 0.25) is 5.91 Å². The van der Waals surface area contributed by atoms with Crippen molar-refractivity contribution in [2.45, 2.75) is 0 Å². The highest BCUT2D eigenvalue weighted by atomic mass is 19.1. The molecule has 0 aliphatic rings. The molecular formula is C5H9FN2O. The second kappa shape index (κ2) is 4.03. The third kappa shape index (κ3) is 4.96. The van der Waals surface area contributed by atoms with E-state index >= 15 is 0 Å². The lowest BCUT2D eigenvalue weighted by atomic mass is 10.5. The van der Waals surface area contributed by atoms with Crippen LogP contribution in [-0.4, -0.2) is 19.0 Å². The first-order valence-electron chi connectivity index (χ1n) is 2.47. The molecule has 0 aromatic carbocycles. The van der Waals surface area contributed by atoms with Crippen LogP contribution in [0.4, 0.5) is 4.39 Å². The van der Waals surface area contributed by atoms with Crippen LogP contribution in [0.15, 0.2) is 12.4 Å². The smallest absolute Gasteiger partial charge is 0.234 e. The molecule has 0 spiro atoms. The molecule has 0 bridgehead atoms. The number of nitrogens with two attached hydrogens (primary N) is 1.